The smallest absolute Gasteiger partial charge is 0.400 e. The van der Waals surface area contributed by atoms with Gasteiger partial charge in [0.2, 0.25) is 0 Å². The zero-order valence-electron chi connectivity index (χ0n) is 17.1. The summed E-state index contributed by atoms with van der Waals surface area (Å²) in [4.78, 5) is 22.7. The molecular formula is C24H18Cl4O3Si2. The first kappa shape index (κ1) is 24.5. The second-order valence-electron chi connectivity index (χ2n) is 7.42. The zero-order valence-corrected chi connectivity index (χ0v) is 22.1. The molecule has 2 N–H and O–H groups in total. The van der Waals surface area contributed by atoms with Crippen LogP contribution in [0.2, 0.25) is 20.1 Å². The molecule has 168 valence electrons. The Morgan fingerprint density at radius 1 is 0.424 bits per heavy atom. The number of benzene rings is 4. The van der Waals surface area contributed by atoms with Crippen LogP contribution in [0.25, 0.3) is 0 Å². The lowest BCUT2D eigenvalue weighted by Crippen LogP contribution is -2.75. The molecule has 0 spiro atoms. The van der Waals surface area contributed by atoms with E-state index < -0.39 is 17.1 Å². The molecule has 0 aliphatic carbocycles. The summed E-state index contributed by atoms with van der Waals surface area (Å²) in [5.41, 5.74) is 0. The molecule has 0 aliphatic rings. The quantitative estimate of drug-likeness (QED) is 0.280. The van der Waals surface area contributed by atoms with E-state index in [1.54, 1.807) is 60.7 Å². The van der Waals surface area contributed by atoms with Crippen molar-refractivity contribution in [2.24, 2.45) is 0 Å². The maximum atomic E-state index is 11.3. The molecule has 4 aromatic carbocycles. The number of rotatable bonds is 6. The van der Waals surface area contributed by atoms with Gasteiger partial charge in [-0.1, -0.05) is 94.9 Å². The Bertz CT molecular complexity index is 1120. The lowest BCUT2D eigenvalue weighted by atomic mass is 10.3. The Hall–Kier alpha value is -1.65. The third-order valence-electron chi connectivity index (χ3n) is 5.27. The second kappa shape index (κ2) is 9.92. The highest BCUT2D eigenvalue weighted by atomic mass is 35.5. The van der Waals surface area contributed by atoms with Gasteiger partial charge >= 0.3 is 8.80 Å². The van der Waals surface area contributed by atoms with Gasteiger partial charge < -0.3 is 13.7 Å². The number of halogens is 4. The van der Waals surface area contributed by atoms with Crippen LogP contribution in [0.1, 0.15) is 0 Å². The van der Waals surface area contributed by atoms with Gasteiger partial charge in [-0.3, -0.25) is 0 Å². The van der Waals surface area contributed by atoms with Crippen LogP contribution in [0.4, 0.5) is 0 Å². The van der Waals surface area contributed by atoms with Crippen LogP contribution < -0.4 is 20.7 Å². The number of hydrogen-bond donors (Lipinski definition) is 2. The fourth-order valence-electron chi connectivity index (χ4n) is 3.67. The maximum absolute atomic E-state index is 11.3. The minimum Gasteiger partial charge on any atom is -0.400 e. The topological polar surface area (TPSA) is 49.7 Å². The molecule has 0 heterocycles. The monoisotopic (exact) mass is 550 g/mol. The van der Waals surface area contributed by atoms with Crippen molar-refractivity contribution in [3.8, 4) is 0 Å². The molecule has 0 unspecified atom stereocenters. The average Bonchev–Trinajstić information content (AvgIpc) is 2.79. The highest BCUT2D eigenvalue weighted by Gasteiger charge is 2.51. The molecule has 0 aromatic heterocycles. The van der Waals surface area contributed by atoms with Crippen molar-refractivity contribution in [2.45, 2.75) is 0 Å². The summed E-state index contributed by atoms with van der Waals surface area (Å²) in [5, 5.41) is 4.79. The molecule has 0 bridgehead atoms. The highest BCUT2D eigenvalue weighted by molar-refractivity contribution is 7.10. The standard InChI is InChI=1S/C24H18Cl4O3Si2/c25-17-1-9-21(10-2-17)32(22-11-3-18(26)4-12-22,23-13-5-19(27)6-14-23)31-33(29,30)24-15-7-20(28)8-16-24/h1-16,29-30H. The molecule has 9 heteroatoms. The molecular weight excluding hydrogens is 534 g/mol. The Balaban J connectivity index is 1.99. The Morgan fingerprint density at radius 3 is 0.939 bits per heavy atom. The van der Waals surface area contributed by atoms with Crippen LogP contribution in [-0.2, 0) is 4.12 Å². The van der Waals surface area contributed by atoms with Crippen LogP contribution in [0.15, 0.2) is 97.1 Å². The summed E-state index contributed by atoms with van der Waals surface area (Å²) in [6.07, 6.45) is 0. The van der Waals surface area contributed by atoms with Gasteiger partial charge in [0.15, 0.2) is 0 Å². The van der Waals surface area contributed by atoms with Crippen molar-refractivity contribution in [2.75, 3.05) is 0 Å². The van der Waals surface area contributed by atoms with Gasteiger partial charge in [-0.2, -0.15) is 0 Å². The Kier molecular flexibility index (Phi) is 7.36. The van der Waals surface area contributed by atoms with Gasteiger partial charge in [-0.25, -0.2) is 0 Å². The van der Waals surface area contributed by atoms with E-state index in [1.165, 1.54) is 0 Å². The largest absolute Gasteiger partial charge is 0.521 e. The molecule has 0 radical (unpaired) electrons. The predicted molar refractivity (Wildman–Crippen MR) is 141 cm³/mol. The Labute approximate surface area is 214 Å². The summed E-state index contributed by atoms with van der Waals surface area (Å²) in [5.74, 6) is 0. The van der Waals surface area contributed by atoms with E-state index in [-0.39, 0.29) is 5.19 Å². The van der Waals surface area contributed by atoms with Crippen molar-refractivity contribution in [1.82, 2.24) is 0 Å². The fraction of sp³-hybridized carbons (Fsp3) is 0. The first-order valence-electron chi connectivity index (χ1n) is 9.90. The van der Waals surface area contributed by atoms with Crippen LogP contribution in [0.3, 0.4) is 0 Å². The molecule has 0 saturated carbocycles. The summed E-state index contributed by atoms with van der Waals surface area (Å²) >= 11 is 24.5. The molecule has 0 amide bonds. The first-order chi connectivity index (χ1) is 15.7. The van der Waals surface area contributed by atoms with Crippen LogP contribution in [-0.4, -0.2) is 26.7 Å². The van der Waals surface area contributed by atoms with Crippen molar-refractivity contribution in [3.05, 3.63) is 117 Å². The van der Waals surface area contributed by atoms with E-state index >= 15 is 0 Å². The third-order valence-corrected chi connectivity index (χ3v) is 13.2. The van der Waals surface area contributed by atoms with Crippen LogP contribution >= 0.6 is 46.4 Å². The van der Waals surface area contributed by atoms with Crippen molar-refractivity contribution in [3.63, 3.8) is 0 Å². The van der Waals surface area contributed by atoms with E-state index in [1.807, 2.05) is 36.4 Å². The van der Waals surface area contributed by atoms with Gasteiger partial charge in [-0.15, -0.1) is 0 Å². The molecule has 4 aromatic rings. The fourth-order valence-corrected chi connectivity index (χ4v) is 11.3. The van der Waals surface area contributed by atoms with Gasteiger partial charge in [0.25, 0.3) is 8.32 Å². The lowest BCUT2D eigenvalue weighted by molar-refractivity contribution is 0.262. The van der Waals surface area contributed by atoms with Crippen LogP contribution in [0.5, 0.6) is 0 Å². The predicted octanol–water partition coefficient (Wildman–Crippen LogP) is 4.11. The van der Waals surface area contributed by atoms with E-state index in [2.05, 4.69) is 0 Å². The SMILES string of the molecule is O[Si](O)(O[Si](c1ccc(Cl)cc1)(c1ccc(Cl)cc1)c1ccc(Cl)cc1)c1ccc(Cl)cc1. The molecule has 3 nitrogen and oxygen atoms in total. The summed E-state index contributed by atoms with van der Waals surface area (Å²) < 4.78 is 6.55. The Morgan fingerprint density at radius 2 is 0.667 bits per heavy atom. The highest BCUT2D eigenvalue weighted by Crippen LogP contribution is 2.19. The molecule has 0 saturated heterocycles. The van der Waals surface area contributed by atoms with Crippen molar-refractivity contribution < 1.29 is 13.7 Å². The summed E-state index contributed by atoms with van der Waals surface area (Å²) in [7, 11) is -7.89. The lowest BCUT2D eigenvalue weighted by Gasteiger charge is -2.37. The molecule has 0 fully saturated rings. The maximum Gasteiger partial charge on any atom is 0.521 e. The van der Waals surface area contributed by atoms with Gasteiger partial charge in [0, 0.05) is 25.3 Å². The van der Waals surface area contributed by atoms with Gasteiger partial charge in [0.1, 0.15) is 0 Å². The average molecular weight is 552 g/mol. The van der Waals surface area contributed by atoms with E-state index in [9.17, 15) is 9.59 Å². The van der Waals surface area contributed by atoms with Gasteiger partial charge in [-0.05, 0) is 64.1 Å². The molecule has 4 rings (SSSR count). The third kappa shape index (κ3) is 5.22. The molecule has 0 aliphatic heterocycles. The molecule has 33 heavy (non-hydrogen) atoms. The minimum atomic E-state index is -4.42. The van der Waals surface area contributed by atoms with Crippen molar-refractivity contribution in [1.29, 1.82) is 0 Å². The summed E-state index contributed by atoms with van der Waals surface area (Å²) in [6.45, 7) is 0. The molecule has 0 atom stereocenters. The van der Waals surface area contributed by atoms with E-state index in [4.69, 9.17) is 50.5 Å². The normalized spacial score (nSPS) is 12.1. The zero-order chi connectivity index (χ0) is 23.6. The van der Waals surface area contributed by atoms with Crippen LogP contribution in [0, 0.1) is 0 Å². The van der Waals surface area contributed by atoms with E-state index in [0.29, 0.717) is 20.1 Å². The van der Waals surface area contributed by atoms with E-state index in [0.717, 1.165) is 15.6 Å². The van der Waals surface area contributed by atoms with Crippen molar-refractivity contribution >= 4 is 84.3 Å². The second-order valence-corrected chi connectivity index (χ2v) is 14.9. The van der Waals surface area contributed by atoms with Gasteiger partial charge in [0.05, 0.1) is 0 Å². The minimum absolute atomic E-state index is 0.278. The first-order valence-corrected chi connectivity index (χ1v) is 15.1. The number of hydrogen-bond acceptors (Lipinski definition) is 3. The summed E-state index contributed by atoms with van der Waals surface area (Å²) in [6, 6.07) is 28.0.